The third-order valence-electron chi connectivity index (χ3n) is 3.48. The molecular weight excluding hydrogens is 259 g/mol. The molecular formula is C16H17FOS. The molecule has 0 aliphatic carbocycles. The molecule has 0 N–H and O–H groups in total. The van der Waals surface area contributed by atoms with Crippen molar-refractivity contribution in [1.29, 1.82) is 0 Å². The summed E-state index contributed by atoms with van der Waals surface area (Å²) in [7, 11) is 0. The van der Waals surface area contributed by atoms with Crippen molar-refractivity contribution in [2.75, 3.05) is 0 Å². The SMILES string of the molecule is CC(C)(C(=O)CCc1ccsc1)c1ccc(F)cc1. The Bertz CT molecular complexity index is 541. The summed E-state index contributed by atoms with van der Waals surface area (Å²) >= 11 is 1.64. The second-order valence-corrected chi connectivity index (χ2v) is 5.97. The molecule has 0 saturated carbocycles. The minimum atomic E-state index is -0.566. The van der Waals surface area contributed by atoms with Crippen molar-refractivity contribution in [1.82, 2.24) is 0 Å². The molecule has 1 aromatic carbocycles. The van der Waals surface area contributed by atoms with Crippen LogP contribution < -0.4 is 0 Å². The Morgan fingerprint density at radius 3 is 2.47 bits per heavy atom. The first kappa shape index (κ1) is 13.9. The average Bonchev–Trinajstić information content (AvgIpc) is 2.89. The first-order chi connectivity index (χ1) is 9.00. The van der Waals surface area contributed by atoms with Gasteiger partial charge in [-0.25, -0.2) is 4.39 Å². The summed E-state index contributed by atoms with van der Waals surface area (Å²) in [5.74, 6) is -0.0874. The van der Waals surface area contributed by atoms with Crippen LogP contribution in [0.25, 0.3) is 0 Å². The third kappa shape index (κ3) is 3.29. The quantitative estimate of drug-likeness (QED) is 0.792. The van der Waals surface area contributed by atoms with Crippen molar-refractivity contribution >= 4 is 17.1 Å². The number of aryl methyl sites for hydroxylation is 1. The number of rotatable bonds is 5. The Morgan fingerprint density at radius 2 is 1.89 bits per heavy atom. The number of Topliss-reactive ketones (excluding diaryl/α,β-unsaturated/α-hetero) is 1. The van der Waals surface area contributed by atoms with Gasteiger partial charge in [-0.1, -0.05) is 12.1 Å². The molecule has 0 spiro atoms. The van der Waals surface area contributed by atoms with Gasteiger partial charge in [0.25, 0.3) is 0 Å². The van der Waals surface area contributed by atoms with E-state index in [1.165, 1.54) is 17.7 Å². The molecule has 19 heavy (non-hydrogen) atoms. The van der Waals surface area contributed by atoms with E-state index >= 15 is 0 Å². The molecule has 1 nitrogen and oxygen atoms in total. The zero-order valence-corrected chi connectivity index (χ0v) is 12.0. The number of carbonyl (C=O) groups is 1. The van der Waals surface area contributed by atoms with Crippen LogP contribution in [0.2, 0.25) is 0 Å². The molecule has 0 atom stereocenters. The Hall–Kier alpha value is -1.48. The lowest BCUT2D eigenvalue weighted by Crippen LogP contribution is -2.29. The number of carbonyl (C=O) groups excluding carboxylic acids is 1. The van der Waals surface area contributed by atoms with Crippen molar-refractivity contribution in [3.05, 3.63) is 58.0 Å². The normalized spacial score (nSPS) is 11.5. The number of halogens is 1. The highest BCUT2D eigenvalue weighted by Gasteiger charge is 2.28. The summed E-state index contributed by atoms with van der Waals surface area (Å²) in [4.78, 5) is 12.4. The van der Waals surface area contributed by atoms with Gasteiger partial charge in [0.05, 0.1) is 0 Å². The topological polar surface area (TPSA) is 17.1 Å². The molecule has 0 saturated heterocycles. The molecule has 1 heterocycles. The van der Waals surface area contributed by atoms with Crippen molar-refractivity contribution in [3.8, 4) is 0 Å². The van der Waals surface area contributed by atoms with Gasteiger partial charge in [-0.05, 0) is 60.4 Å². The van der Waals surface area contributed by atoms with Crippen molar-refractivity contribution in [2.24, 2.45) is 0 Å². The summed E-state index contributed by atoms with van der Waals surface area (Å²) in [5.41, 5.74) is 1.50. The minimum Gasteiger partial charge on any atom is -0.299 e. The van der Waals surface area contributed by atoms with Gasteiger partial charge >= 0.3 is 0 Å². The highest BCUT2D eigenvalue weighted by Crippen LogP contribution is 2.26. The van der Waals surface area contributed by atoms with Crippen LogP contribution in [-0.4, -0.2) is 5.78 Å². The summed E-state index contributed by atoms with van der Waals surface area (Å²) < 4.78 is 12.9. The van der Waals surface area contributed by atoms with Crippen LogP contribution in [0.5, 0.6) is 0 Å². The summed E-state index contributed by atoms with van der Waals surface area (Å²) in [6.07, 6.45) is 1.29. The molecule has 0 aliphatic heterocycles. The fraction of sp³-hybridized carbons (Fsp3) is 0.312. The van der Waals surface area contributed by atoms with Gasteiger partial charge in [0.2, 0.25) is 0 Å². The van der Waals surface area contributed by atoms with Gasteiger partial charge < -0.3 is 0 Å². The predicted octanol–water partition coefficient (Wildman–Crippen LogP) is 4.37. The number of thiophene rings is 1. The smallest absolute Gasteiger partial charge is 0.143 e. The van der Waals surface area contributed by atoms with Crippen LogP contribution in [0.3, 0.4) is 0 Å². The summed E-state index contributed by atoms with van der Waals surface area (Å²) in [6, 6.07) is 8.24. The number of hydrogen-bond donors (Lipinski definition) is 0. The highest BCUT2D eigenvalue weighted by molar-refractivity contribution is 7.07. The maximum absolute atomic E-state index is 12.9. The van der Waals surface area contributed by atoms with E-state index < -0.39 is 5.41 Å². The van der Waals surface area contributed by atoms with Crippen molar-refractivity contribution in [2.45, 2.75) is 32.1 Å². The van der Waals surface area contributed by atoms with Gasteiger partial charge in [-0.3, -0.25) is 4.79 Å². The number of ketones is 1. The van der Waals surface area contributed by atoms with E-state index in [4.69, 9.17) is 0 Å². The number of benzene rings is 1. The van der Waals surface area contributed by atoms with E-state index in [1.54, 1.807) is 23.5 Å². The Kier molecular flexibility index (Phi) is 4.15. The Labute approximate surface area is 117 Å². The first-order valence-corrected chi connectivity index (χ1v) is 7.25. The minimum absolute atomic E-state index is 0.185. The van der Waals surface area contributed by atoms with Crippen LogP contribution in [0.1, 0.15) is 31.4 Å². The lowest BCUT2D eigenvalue weighted by molar-refractivity contribution is -0.123. The monoisotopic (exact) mass is 276 g/mol. The lowest BCUT2D eigenvalue weighted by atomic mass is 9.79. The molecule has 3 heteroatoms. The van der Waals surface area contributed by atoms with Crippen molar-refractivity contribution < 1.29 is 9.18 Å². The fourth-order valence-electron chi connectivity index (χ4n) is 2.03. The molecule has 100 valence electrons. The Morgan fingerprint density at radius 1 is 1.21 bits per heavy atom. The van der Waals surface area contributed by atoms with E-state index in [2.05, 4.69) is 5.38 Å². The van der Waals surface area contributed by atoms with E-state index in [-0.39, 0.29) is 11.6 Å². The summed E-state index contributed by atoms with van der Waals surface area (Å²) in [6.45, 7) is 3.80. The maximum atomic E-state index is 12.9. The van der Waals surface area contributed by atoms with Crippen LogP contribution in [0.4, 0.5) is 4.39 Å². The molecule has 2 rings (SSSR count). The molecule has 1 aromatic heterocycles. The van der Waals surface area contributed by atoms with E-state index in [1.807, 2.05) is 25.3 Å². The number of hydrogen-bond acceptors (Lipinski definition) is 2. The maximum Gasteiger partial charge on any atom is 0.143 e. The van der Waals surface area contributed by atoms with Gasteiger partial charge in [-0.2, -0.15) is 11.3 Å². The predicted molar refractivity (Wildman–Crippen MR) is 77.1 cm³/mol. The third-order valence-corrected chi connectivity index (χ3v) is 4.22. The zero-order chi connectivity index (χ0) is 13.9. The zero-order valence-electron chi connectivity index (χ0n) is 11.2. The van der Waals surface area contributed by atoms with Crippen LogP contribution in [0, 0.1) is 5.82 Å². The molecule has 2 aromatic rings. The molecule has 0 amide bonds. The Balaban J connectivity index is 2.06. The lowest BCUT2D eigenvalue weighted by Gasteiger charge is -2.23. The molecule has 0 radical (unpaired) electrons. The van der Waals surface area contributed by atoms with Gasteiger partial charge in [0.15, 0.2) is 0 Å². The van der Waals surface area contributed by atoms with E-state index in [0.717, 1.165) is 12.0 Å². The van der Waals surface area contributed by atoms with E-state index in [0.29, 0.717) is 6.42 Å². The van der Waals surface area contributed by atoms with Gasteiger partial charge in [0.1, 0.15) is 11.6 Å². The largest absolute Gasteiger partial charge is 0.299 e. The van der Waals surface area contributed by atoms with E-state index in [9.17, 15) is 9.18 Å². The standard InChI is InChI=1S/C16H17FOS/c1-16(2,13-4-6-14(17)7-5-13)15(18)8-3-12-9-10-19-11-12/h4-7,9-11H,3,8H2,1-2H3. The second-order valence-electron chi connectivity index (χ2n) is 5.19. The highest BCUT2D eigenvalue weighted by atomic mass is 32.1. The second kappa shape index (κ2) is 5.66. The van der Waals surface area contributed by atoms with Crippen molar-refractivity contribution in [3.63, 3.8) is 0 Å². The first-order valence-electron chi connectivity index (χ1n) is 6.30. The molecule has 0 fully saturated rings. The van der Waals surface area contributed by atoms with Crippen LogP contribution >= 0.6 is 11.3 Å². The fourth-order valence-corrected chi connectivity index (χ4v) is 2.74. The summed E-state index contributed by atoms with van der Waals surface area (Å²) in [5, 5.41) is 4.09. The molecule has 0 unspecified atom stereocenters. The van der Waals surface area contributed by atoms with Crippen LogP contribution in [0.15, 0.2) is 41.1 Å². The van der Waals surface area contributed by atoms with Crippen LogP contribution in [-0.2, 0) is 16.6 Å². The van der Waals surface area contributed by atoms with Gasteiger partial charge in [0, 0.05) is 11.8 Å². The average molecular weight is 276 g/mol. The molecule has 0 bridgehead atoms. The van der Waals surface area contributed by atoms with Gasteiger partial charge in [-0.15, -0.1) is 0 Å². The molecule has 0 aliphatic rings.